The van der Waals surface area contributed by atoms with Crippen molar-refractivity contribution in [2.45, 2.75) is 19.3 Å². The first-order valence-corrected chi connectivity index (χ1v) is 8.09. The molecule has 3 rings (SSSR count). The predicted molar refractivity (Wildman–Crippen MR) is 94.4 cm³/mol. The van der Waals surface area contributed by atoms with E-state index < -0.39 is 0 Å². The molecule has 3 heterocycles. The van der Waals surface area contributed by atoms with Crippen molar-refractivity contribution in [3.63, 3.8) is 0 Å². The largest absolute Gasteiger partial charge is 0.305 e. The van der Waals surface area contributed by atoms with Crippen LogP contribution in [0.15, 0.2) is 41.9 Å². The molecule has 0 spiro atoms. The number of hydrogen-bond donors (Lipinski definition) is 1. The summed E-state index contributed by atoms with van der Waals surface area (Å²) >= 11 is 5.93. The summed E-state index contributed by atoms with van der Waals surface area (Å²) in [4.78, 5) is 31.9. The van der Waals surface area contributed by atoms with Crippen LogP contribution in [0.2, 0.25) is 5.02 Å². The van der Waals surface area contributed by atoms with Crippen LogP contribution < -0.4 is 5.32 Å². The molecule has 0 unspecified atom stereocenters. The van der Waals surface area contributed by atoms with Crippen LogP contribution >= 0.6 is 11.6 Å². The molecule has 1 N–H and O–H groups in total. The molecule has 0 saturated carbocycles. The summed E-state index contributed by atoms with van der Waals surface area (Å²) in [5, 5.41) is 8.45. The van der Waals surface area contributed by atoms with E-state index in [-0.39, 0.29) is 18.2 Å². The fourth-order valence-electron chi connectivity index (χ4n) is 2.41. The number of halogens is 1. The maximum atomic E-state index is 12.2. The van der Waals surface area contributed by atoms with Gasteiger partial charge in [0.05, 0.1) is 5.02 Å². The second kappa shape index (κ2) is 7.40. The molecule has 7 nitrogen and oxygen atoms in total. The highest BCUT2D eigenvalue weighted by Crippen LogP contribution is 2.14. The summed E-state index contributed by atoms with van der Waals surface area (Å²) in [6.07, 6.45) is 6.28. The van der Waals surface area contributed by atoms with Crippen molar-refractivity contribution in [3.8, 4) is 0 Å². The molecule has 1 aliphatic rings. The SMILES string of the molecule is CN1N=C(C(=O)Nc2ccc(Cc3cncc(Cl)c3)cn2)CCC1=O. The number of hydrazone groups is 1. The number of hydrogen-bond acceptors (Lipinski definition) is 5. The molecule has 0 fully saturated rings. The molecule has 2 aromatic heterocycles. The minimum atomic E-state index is -0.348. The third kappa shape index (κ3) is 4.39. The Morgan fingerprint density at radius 2 is 2.08 bits per heavy atom. The van der Waals surface area contributed by atoms with Gasteiger partial charge in [0.15, 0.2) is 0 Å². The molecule has 1 aliphatic heterocycles. The Morgan fingerprint density at radius 1 is 1.24 bits per heavy atom. The van der Waals surface area contributed by atoms with E-state index >= 15 is 0 Å². The number of nitrogens with zero attached hydrogens (tertiary/aromatic N) is 4. The van der Waals surface area contributed by atoms with Gasteiger partial charge in [0.25, 0.3) is 5.91 Å². The second-order valence-corrected chi connectivity index (χ2v) is 6.09. The Balaban J connectivity index is 1.63. The highest BCUT2D eigenvalue weighted by Gasteiger charge is 2.22. The maximum absolute atomic E-state index is 12.2. The minimum absolute atomic E-state index is 0.102. The number of rotatable bonds is 4. The van der Waals surface area contributed by atoms with Crippen LogP contribution in [-0.2, 0) is 16.0 Å². The number of pyridine rings is 2. The highest BCUT2D eigenvalue weighted by atomic mass is 35.5. The number of amides is 2. The van der Waals surface area contributed by atoms with Crippen LogP contribution in [0.1, 0.15) is 24.0 Å². The molecule has 2 aromatic rings. The molecule has 0 saturated heterocycles. The van der Waals surface area contributed by atoms with Crippen LogP contribution in [0.3, 0.4) is 0 Å². The number of aromatic nitrogens is 2. The molecule has 0 aliphatic carbocycles. The normalized spacial score (nSPS) is 14.2. The lowest BCUT2D eigenvalue weighted by Crippen LogP contribution is -2.34. The van der Waals surface area contributed by atoms with Gasteiger partial charge in [0.2, 0.25) is 5.91 Å². The first kappa shape index (κ1) is 17.0. The van der Waals surface area contributed by atoms with Crippen molar-refractivity contribution in [1.29, 1.82) is 0 Å². The molecule has 25 heavy (non-hydrogen) atoms. The van der Waals surface area contributed by atoms with Crippen molar-refractivity contribution in [2.75, 3.05) is 12.4 Å². The highest BCUT2D eigenvalue weighted by molar-refractivity contribution is 6.43. The standard InChI is InChI=1S/C17H16ClN5O2/c1-23-16(24)5-3-14(22-23)17(25)21-15-4-2-11(9-20-15)6-12-7-13(18)10-19-8-12/h2,4,7-10H,3,5-6H2,1H3,(H,20,21,25). The van der Waals surface area contributed by atoms with E-state index in [1.165, 1.54) is 12.1 Å². The first-order valence-electron chi connectivity index (χ1n) is 7.71. The third-order valence-electron chi connectivity index (χ3n) is 3.71. The van der Waals surface area contributed by atoms with Gasteiger partial charge in [-0.2, -0.15) is 5.10 Å². The lowest BCUT2D eigenvalue weighted by atomic mass is 10.1. The number of nitrogens with one attached hydrogen (secondary N) is 1. The molecule has 0 aromatic carbocycles. The van der Waals surface area contributed by atoms with E-state index in [1.54, 1.807) is 24.7 Å². The van der Waals surface area contributed by atoms with Crippen LogP contribution in [0.25, 0.3) is 0 Å². The van der Waals surface area contributed by atoms with Gasteiger partial charge in [0.1, 0.15) is 11.5 Å². The fraction of sp³-hybridized carbons (Fsp3) is 0.235. The average molecular weight is 358 g/mol. The van der Waals surface area contributed by atoms with Gasteiger partial charge in [-0.25, -0.2) is 9.99 Å². The van der Waals surface area contributed by atoms with E-state index in [1.807, 2.05) is 12.1 Å². The van der Waals surface area contributed by atoms with Crippen LogP contribution in [-0.4, -0.2) is 39.6 Å². The van der Waals surface area contributed by atoms with Crippen LogP contribution in [0.5, 0.6) is 0 Å². The monoisotopic (exact) mass is 357 g/mol. The summed E-state index contributed by atoms with van der Waals surface area (Å²) in [6.45, 7) is 0. The van der Waals surface area contributed by atoms with E-state index in [0.29, 0.717) is 29.4 Å². The zero-order valence-corrected chi connectivity index (χ0v) is 14.3. The van der Waals surface area contributed by atoms with Crippen molar-refractivity contribution < 1.29 is 9.59 Å². The van der Waals surface area contributed by atoms with Gasteiger partial charge in [-0.3, -0.25) is 14.6 Å². The zero-order valence-electron chi connectivity index (χ0n) is 13.6. The predicted octanol–water partition coefficient (Wildman–Crippen LogP) is 2.27. The number of anilines is 1. The van der Waals surface area contributed by atoms with Gasteiger partial charge in [0, 0.05) is 44.9 Å². The lowest BCUT2D eigenvalue weighted by molar-refractivity contribution is -0.130. The van der Waals surface area contributed by atoms with Crippen molar-refractivity contribution in [3.05, 3.63) is 52.9 Å². The molecule has 128 valence electrons. The first-order chi connectivity index (χ1) is 12.0. The van der Waals surface area contributed by atoms with E-state index in [9.17, 15) is 9.59 Å². The van der Waals surface area contributed by atoms with Crippen molar-refractivity contribution >= 4 is 34.9 Å². The summed E-state index contributed by atoms with van der Waals surface area (Å²) < 4.78 is 0. The van der Waals surface area contributed by atoms with Gasteiger partial charge in [-0.05, 0) is 23.3 Å². The van der Waals surface area contributed by atoms with E-state index in [0.717, 1.165) is 11.1 Å². The molecule has 0 radical (unpaired) electrons. The fourth-order valence-corrected chi connectivity index (χ4v) is 2.61. The Bertz CT molecular complexity index is 835. The third-order valence-corrected chi connectivity index (χ3v) is 3.91. The summed E-state index contributed by atoms with van der Waals surface area (Å²) in [5.41, 5.74) is 2.27. The van der Waals surface area contributed by atoms with Gasteiger partial charge >= 0.3 is 0 Å². The smallest absolute Gasteiger partial charge is 0.273 e. The van der Waals surface area contributed by atoms with E-state index in [2.05, 4.69) is 20.4 Å². The quantitative estimate of drug-likeness (QED) is 0.909. The van der Waals surface area contributed by atoms with Crippen molar-refractivity contribution in [1.82, 2.24) is 15.0 Å². The summed E-state index contributed by atoms with van der Waals surface area (Å²) in [6, 6.07) is 5.45. The summed E-state index contributed by atoms with van der Waals surface area (Å²) in [5.74, 6) is -0.0200. The molecular formula is C17H16ClN5O2. The molecule has 8 heteroatoms. The number of carbonyl (C=O) groups is 2. The zero-order chi connectivity index (χ0) is 17.8. The minimum Gasteiger partial charge on any atom is -0.305 e. The summed E-state index contributed by atoms with van der Waals surface area (Å²) in [7, 11) is 1.53. The average Bonchev–Trinajstić information content (AvgIpc) is 2.59. The molecular weight excluding hydrogens is 342 g/mol. The topological polar surface area (TPSA) is 87.6 Å². The molecule has 0 atom stereocenters. The van der Waals surface area contributed by atoms with Crippen LogP contribution in [0.4, 0.5) is 5.82 Å². The number of carbonyl (C=O) groups excluding carboxylic acids is 2. The Kier molecular flexibility index (Phi) is 5.04. The van der Waals surface area contributed by atoms with Gasteiger partial charge in [-0.15, -0.1) is 0 Å². The Hall–Kier alpha value is -2.80. The maximum Gasteiger partial charge on any atom is 0.273 e. The van der Waals surface area contributed by atoms with Gasteiger partial charge in [-0.1, -0.05) is 17.7 Å². The van der Waals surface area contributed by atoms with Crippen molar-refractivity contribution in [2.24, 2.45) is 5.10 Å². The Labute approximate surface area is 149 Å². The van der Waals surface area contributed by atoms with E-state index in [4.69, 9.17) is 11.6 Å². The molecule has 2 amide bonds. The molecule has 0 bridgehead atoms. The van der Waals surface area contributed by atoms with Crippen LogP contribution in [0, 0.1) is 0 Å². The van der Waals surface area contributed by atoms with Gasteiger partial charge < -0.3 is 5.32 Å². The Morgan fingerprint density at radius 3 is 2.76 bits per heavy atom. The lowest BCUT2D eigenvalue weighted by Gasteiger charge is -2.18. The second-order valence-electron chi connectivity index (χ2n) is 5.66.